The molecule has 0 spiro atoms. The van der Waals surface area contributed by atoms with E-state index in [1.54, 1.807) is 24.3 Å². The van der Waals surface area contributed by atoms with Gasteiger partial charge in [-0.3, -0.25) is 10.1 Å². The lowest BCUT2D eigenvalue weighted by Gasteiger charge is -2.11. The first-order valence-corrected chi connectivity index (χ1v) is 5.87. The van der Waals surface area contributed by atoms with Crippen LogP contribution in [0.15, 0.2) is 30.6 Å². The number of para-hydroxylation sites is 2. The molecule has 0 aliphatic carbocycles. The van der Waals surface area contributed by atoms with E-state index in [1.807, 2.05) is 6.92 Å². The Morgan fingerprint density at radius 2 is 2.15 bits per heavy atom. The third kappa shape index (κ3) is 2.74. The first-order chi connectivity index (χ1) is 9.63. The summed E-state index contributed by atoms with van der Waals surface area (Å²) in [5, 5.41) is 13.9. The van der Waals surface area contributed by atoms with Gasteiger partial charge in [0.1, 0.15) is 12.1 Å². The molecular formula is C12H13N5O3. The molecule has 0 aliphatic heterocycles. The minimum Gasteiger partial charge on any atom is -0.492 e. The summed E-state index contributed by atoms with van der Waals surface area (Å²) < 4.78 is 5.43. The van der Waals surface area contributed by atoms with Crippen LogP contribution in [0.2, 0.25) is 0 Å². The zero-order valence-electron chi connectivity index (χ0n) is 10.7. The summed E-state index contributed by atoms with van der Waals surface area (Å²) in [6, 6.07) is 7.06. The molecule has 3 N–H and O–H groups in total. The molecule has 2 aromatic rings. The highest BCUT2D eigenvalue weighted by Crippen LogP contribution is 2.32. The summed E-state index contributed by atoms with van der Waals surface area (Å²) in [6.07, 6.45) is 1.16. The van der Waals surface area contributed by atoms with E-state index in [1.165, 1.54) is 0 Å². The second-order valence-electron chi connectivity index (χ2n) is 3.77. The summed E-state index contributed by atoms with van der Waals surface area (Å²) >= 11 is 0. The zero-order chi connectivity index (χ0) is 14.5. The topological polar surface area (TPSA) is 116 Å². The molecule has 2 rings (SSSR count). The van der Waals surface area contributed by atoms with E-state index in [0.29, 0.717) is 18.0 Å². The van der Waals surface area contributed by atoms with Crippen LogP contribution in [-0.4, -0.2) is 21.5 Å². The summed E-state index contributed by atoms with van der Waals surface area (Å²) in [4.78, 5) is 17.9. The molecule has 1 heterocycles. The van der Waals surface area contributed by atoms with Gasteiger partial charge >= 0.3 is 5.69 Å². The molecule has 0 aliphatic rings. The van der Waals surface area contributed by atoms with Crippen LogP contribution in [0.3, 0.4) is 0 Å². The molecule has 0 atom stereocenters. The van der Waals surface area contributed by atoms with Crippen LogP contribution in [0.1, 0.15) is 6.92 Å². The van der Waals surface area contributed by atoms with E-state index in [-0.39, 0.29) is 17.3 Å². The highest BCUT2D eigenvalue weighted by Gasteiger charge is 2.21. The van der Waals surface area contributed by atoms with Gasteiger partial charge in [0.15, 0.2) is 0 Å². The van der Waals surface area contributed by atoms with Crippen molar-refractivity contribution in [1.82, 2.24) is 9.97 Å². The highest BCUT2D eigenvalue weighted by atomic mass is 16.6. The molecule has 0 radical (unpaired) electrons. The fraction of sp³-hybridized carbons (Fsp3) is 0.167. The van der Waals surface area contributed by atoms with Crippen molar-refractivity contribution in [3.05, 3.63) is 40.7 Å². The lowest BCUT2D eigenvalue weighted by molar-refractivity contribution is -0.383. The maximum atomic E-state index is 11.0. The smallest absolute Gasteiger partial charge is 0.353 e. The van der Waals surface area contributed by atoms with E-state index in [2.05, 4.69) is 15.3 Å². The Labute approximate surface area is 114 Å². The van der Waals surface area contributed by atoms with Gasteiger partial charge in [0.2, 0.25) is 11.6 Å². The molecule has 8 nitrogen and oxygen atoms in total. The Kier molecular flexibility index (Phi) is 3.94. The van der Waals surface area contributed by atoms with E-state index in [4.69, 9.17) is 10.5 Å². The van der Waals surface area contributed by atoms with E-state index >= 15 is 0 Å². The van der Waals surface area contributed by atoms with Crippen LogP contribution in [0, 0.1) is 10.1 Å². The minimum absolute atomic E-state index is 0.0228. The van der Waals surface area contributed by atoms with Gasteiger partial charge in [0, 0.05) is 0 Å². The molecule has 0 unspecified atom stereocenters. The van der Waals surface area contributed by atoms with Crippen LogP contribution >= 0.6 is 0 Å². The third-order valence-corrected chi connectivity index (χ3v) is 2.47. The number of aromatic nitrogens is 2. The maximum absolute atomic E-state index is 11.0. The van der Waals surface area contributed by atoms with E-state index in [0.717, 1.165) is 6.33 Å². The first kappa shape index (κ1) is 13.5. The van der Waals surface area contributed by atoms with Crippen LogP contribution in [0.4, 0.5) is 23.0 Å². The van der Waals surface area contributed by atoms with Gasteiger partial charge in [-0.25, -0.2) is 9.97 Å². The van der Waals surface area contributed by atoms with Gasteiger partial charge in [-0.15, -0.1) is 0 Å². The monoisotopic (exact) mass is 275 g/mol. The van der Waals surface area contributed by atoms with Crippen molar-refractivity contribution in [3.63, 3.8) is 0 Å². The van der Waals surface area contributed by atoms with Crippen LogP contribution in [0.25, 0.3) is 0 Å². The Hall–Kier alpha value is -2.90. The van der Waals surface area contributed by atoms with Crippen molar-refractivity contribution in [2.24, 2.45) is 0 Å². The van der Waals surface area contributed by atoms with E-state index < -0.39 is 4.92 Å². The maximum Gasteiger partial charge on any atom is 0.353 e. The molecule has 1 aromatic heterocycles. The van der Waals surface area contributed by atoms with Gasteiger partial charge in [-0.05, 0) is 19.1 Å². The Morgan fingerprint density at radius 3 is 2.85 bits per heavy atom. The molecule has 0 saturated heterocycles. The number of benzene rings is 1. The standard InChI is InChI=1S/C12H13N5O3/c1-2-20-9-6-4-3-5-8(9)16-12-10(17(18)19)11(13)14-7-15-12/h3-7H,2H2,1H3,(H3,13,14,15,16). The predicted octanol–water partition coefficient (Wildman–Crippen LogP) is 2.11. The van der Waals surface area contributed by atoms with Gasteiger partial charge < -0.3 is 15.8 Å². The number of hydrogen-bond acceptors (Lipinski definition) is 7. The number of nitrogens with two attached hydrogens (primary N) is 1. The lowest BCUT2D eigenvalue weighted by Crippen LogP contribution is -2.06. The summed E-state index contributed by atoms with van der Waals surface area (Å²) in [5.41, 5.74) is 5.71. The number of nitrogens with one attached hydrogen (secondary N) is 1. The fourth-order valence-electron chi connectivity index (χ4n) is 1.64. The van der Waals surface area contributed by atoms with Gasteiger partial charge in [0.05, 0.1) is 17.2 Å². The summed E-state index contributed by atoms with van der Waals surface area (Å²) in [5.74, 6) is 0.400. The largest absolute Gasteiger partial charge is 0.492 e. The molecule has 0 amide bonds. The Morgan fingerprint density at radius 1 is 1.40 bits per heavy atom. The predicted molar refractivity (Wildman–Crippen MR) is 74.0 cm³/mol. The van der Waals surface area contributed by atoms with Crippen LogP contribution in [0.5, 0.6) is 5.75 Å². The average Bonchev–Trinajstić information content (AvgIpc) is 2.41. The van der Waals surface area contributed by atoms with Crippen molar-refractivity contribution >= 4 is 23.0 Å². The number of hydrogen-bond donors (Lipinski definition) is 2. The molecule has 0 bridgehead atoms. The minimum atomic E-state index is -0.624. The lowest BCUT2D eigenvalue weighted by atomic mass is 10.3. The SMILES string of the molecule is CCOc1ccccc1Nc1ncnc(N)c1[N+](=O)[O-]. The van der Waals surface area contributed by atoms with Crippen molar-refractivity contribution in [3.8, 4) is 5.75 Å². The molecule has 8 heteroatoms. The molecule has 1 aromatic carbocycles. The first-order valence-electron chi connectivity index (χ1n) is 5.87. The quantitative estimate of drug-likeness (QED) is 0.634. The zero-order valence-corrected chi connectivity index (χ0v) is 10.7. The van der Waals surface area contributed by atoms with Crippen LogP contribution < -0.4 is 15.8 Å². The van der Waals surface area contributed by atoms with Gasteiger partial charge in [-0.2, -0.15) is 0 Å². The molecule has 20 heavy (non-hydrogen) atoms. The second-order valence-corrected chi connectivity index (χ2v) is 3.77. The van der Waals surface area contributed by atoms with Crippen molar-refractivity contribution in [2.75, 3.05) is 17.7 Å². The van der Waals surface area contributed by atoms with Crippen molar-refractivity contribution in [2.45, 2.75) is 6.92 Å². The number of anilines is 3. The van der Waals surface area contributed by atoms with Crippen molar-refractivity contribution in [1.29, 1.82) is 0 Å². The number of rotatable bonds is 5. The number of ether oxygens (including phenoxy) is 1. The molecule has 0 saturated carbocycles. The normalized spacial score (nSPS) is 10.1. The molecular weight excluding hydrogens is 262 g/mol. The van der Waals surface area contributed by atoms with Gasteiger partial charge in [0.25, 0.3) is 0 Å². The highest BCUT2D eigenvalue weighted by molar-refractivity contribution is 5.74. The fourth-order valence-corrected chi connectivity index (χ4v) is 1.64. The number of nitrogen functional groups attached to an aromatic ring is 1. The molecule has 0 fully saturated rings. The Balaban J connectivity index is 2.40. The summed E-state index contributed by atoms with van der Waals surface area (Å²) in [7, 11) is 0. The molecule has 104 valence electrons. The van der Waals surface area contributed by atoms with Gasteiger partial charge in [-0.1, -0.05) is 12.1 Å². The Bertz CT molecular complexity index is 632. The average molecular weight is 275 g/mol. The number of nitro groups is 1. The second kappa shape index (κ2) is 5.83. The van der Waals surface area contributed by atoms with Crippen molar-refractivity contribution < 1.29 is 9.66 Å². The van der Waals surface area contributed by atoms with E-state index in [9.17, 15) is 10.1 Å². The van der Waals surface area contributed by atoms with Crippen LogP contribution in [-0.2, 0) is 0 Å². The summed E-state index contributed by atoms with van der Waals surface area (Å²) in [6.45, 7) is 2.33. The number of nitrogens with zero attached hydrogens (tertiary/aromatic N) is 3. The third-order valence-electron chi connectivity index (χ3n) is 2.47.